The van der Waals surface area contributed by atoms with Gasteiger partial charge in [0.2, 0.25) is 0 Å². The zero-order valence-electron chi connectivity index (χ0n) is 16.8. The van der Waals surface area contributed by atoms with Crippen molar-refractivity contribution in [1.29, 1.82) is 0 Å². The molecule has 0 aromatic carbocycles. The van der Waals surface area contributed by atoms with Crippen molar-refractivity contribution in [3.05, 3.63) is 23.0 Å². The van der Waals surface area contributed by atoms with E-state index in [1.54, 1.807) is 0 Å². The number of piperidine rings is 1. The summed E-state index contributed by atoms with van der Waals surface area (Å²) >= 11 is 0. The first kappa shape index (κ1) is 19.3. The van der Waals surface area contributed by atoms with Gasteiger partial charge in [0.1, 0.15) is 0 Å². The number of aromatic nitrogens is 2. The summed E-state index contributed by atoms with van der Waals surface area (Å²) in [5, 5.41) is 5.00. The Bertz CT molecular complexity index is 836. The molecule has 3 heterocycles. The fourth-order valence-corrected chi connectivity index (χ4v) is 3.87. The van der Waals surface area contributed by atoms with Gasteiger partial charge in [-0.2, -0.15) is 0 Å². The standard InChI is InChI=1S/C21H30N4O3/c1-13(2)19-18-16(12-17(14-4-5-14)23-20(18)28-24-19)21(26)25-9-6-15(7-10-25)27-11-3-8-22/h12-15H,3-11,22H2,1-2H3. The minimum Gasteiger partial charge on any atom is -0.378 e. The van der Waals surface area contributed by atoms with Gasteiger partial charge < -0.3 is 19.9 Å². The van der Waals surface area contributed by atoms with Gasteiger partial charge in [-0.1, -0.05) is 19.0 Å². The maximum absolute atomic E-state index is 13.4. The van der Waals surface area contributed by atoms with E-state index in [4.69, 9.17) is 15.0 Å². The topological polar surface area (TPSA) is 94.5 Å². The number of carbonyl (C=O) groups excluding carboxylic acids is 1. The van der Waals surface area contributed by atoms with E-state index in [2.05, 4.69) is 24.0 Å². The molecular formula is C21H30N4O3. The van der Waals surface area contributed by atoms with E-state index >= 15 is 0 Å². The lowest BCUT2D eigenvalue weighted by atomic mass is 10.00. The van der Waals surface area contributed by atoms with E-state index in [1.807, 2.05) is 11.0 Å². The van der Waals surface area contributed by atoms with E-state index in [1.165, 1.54) is 0 Å². The second-order valence-electron chi connectivity index (χ2n) is 8.28. The third kappa shape index (κ3) is 3.91. The van der Waals surface area contributed by atoms with Crippen molar-refractivity contribution < 1.29 is 14.1 Å². The van der Waals surface area contributed by atoms with E-state index in [0.717, 1.165) is 48.9 Å². The number of amides is 1. The van der Waals surface area contributed by atoms with Crippen molar-refractivity contribution in [1.82, 2.24) is 15.0 Å². The maximum atomic E-state index is 13.4. The number of nitrogens with zero attached hydrogens (tertiary/aromatic N) is 3. The van der Waals surface area contributed by atoms with Crippen LogP contribution in [0.15, 0.2) is 10.6 Å². The SMILES string of the molecule is CC(C)c1noc2nc(C3CC3)cc(C(=O)N3CCC(OCCCN)CC3)c12. The third-order valence-corrected chi connectivity index (χ3v) is 5.70. The minimum atomic E-state index is 0.0554. The third-order valence-electron chi connectivity index (χ3n) is 5.70. The molecule has 2 aromatic rings. The Morgan fingerprint density at radius 1 is 1.32 bits per heavy atom. The number of nitrogens with two attached hydrogens (primary N) is 1. The van der Waals surface area contributed by atoms with Gasteiger partial charge in [0.05, 0.1) is 22.7 Å². The summed E-state index contributed by atoms with van der Waals surface area (Å²) in [4.78, 5) is 20.0. The van der Waals surface area contributed by atoms with E-state index in [-0.39, 0.29) is 17.9 Å². The molecule has 0 unspecified atom stereocenters. The highest BCUT2D eigenvalue weighted by Gasteiger charge is 2.32. The molecule has 2 aromatic heterocycles. The Kier molecular flexibility index (Phi) is 5.64. The van der Waals surface area contributed by atoms with Gasteiger partial charge in [-0.3, -0.25) is 4.79 Å². The molecule has 1 aliphatic heterocycles. The number of carbonyl (C=O) groups is 1. The average molecular weight is 386 g/mol. The molecule has 7 nitrogen and oxygen atoms in total. The summed E-state index contributed by atoms with van der Waals surface area (Å²) in [7, 11) is 0. The number of fused-ring (bicyclic) bond motifs is 1. The highest BCUT2D eigenvalue weighted by Crippen LogP contribution is 2.41. The Balaban J connectivity index is 1.56. The van der Waals surface area contributed by atoms with Crippen LogP contribution < -0.4 is 5.73 Å². The van der Waals surface area contributed by atoms with Gasteiger partial charge in [-0.05, 0) is 50.6 Å². The number of hydrogen-bond acceptors (Lipinski definition) is 6. The molecule has 152 valence electrons. The van der Waals surface area contributed by atoms with E-state index in [0.29, 0.717) is 43.4 Å². The van der Waals surface area contributed by atoms with Crippen LogP contribution in [-0.2, 0) is 4.74 Å². The van der Waals surface area contributed by atoms with Gasteiger partial charge in [-0.25, -0.2) is 4.98 Å². The predicted molar refractivity (Wildman–Crippen MR) is 106 cm³/mol. The Labute approximate surface area is 165 Å². The van der Waals surface area contributed by atoms with Crippen molar-refractivity contribution in [3.63, 3.8) is 0 Å². The van der Waals surface area contributed by atoms with Crippen LogP contribution in [-0.4, -0.2) is 53.3 Å². The van der Waals surface area contributed by atoms with E-state index < -0.39 is 0 Å². The molecule has 1 amide bonds. The van der Waals surface area contributed by atoms with Crippen LogP contribution in [0.1, 0.15) is 79.5 Å². The van der Waals surface area contributed by atoms with Crippen LogP contribution in [0.2, 0.25) is 0 Å². The van der Waals surface area contributed by atoms with Crippen LogP contribution in [0, 0.1) is 0 Å². The van der Waals surface area contributed by atoms with Crippen molar-refractivity contribution in [2.45, 2.75) is 63.9 Å². The fourth-order valence-electron chi connectivity index (χ4n) is 3.87. The number of rotatable bonds is 7. The molecule has 7 heteroatoms. The molecule has 0 radical (unpaired) electrons. The molecule has 28 heavy (non-hydrogen) atoms. The van der Waals surface area contributed by atoms with Crippen molar-refractivity contribution >= 4 is 17.0 Å². The lowest BCUT2D eigenvalue weighted by Gasteiger charge is -2.32. The molecule has 2 aliphatic rings. The molecule has 0 spiro atoms. The molecule has 0 bridgehead atoms. The van der Waals surface area contributed by atoms with Crippen molar-refractivity contribution in [2.24, 2.45) is 5.73 Å². The van der Waals surface area contributed by atoms with Crippen LogP contribution in [0.25, 0.3) is 11.1 Å². The highest BCUT2D eigenvalue weighted by atomic mass is 16.5. The second kappa shape index (κ2) is 8.17. The first-order valence-electron chi connectivity index (χ1n) is 10.5. The highest BCUT2D eigenvalue weighted by molar-refractivity contribution is 6.06. The van der Waals surface area contributed by atoms with E-state index in [9.17, 15) is 4.79 Å². The summed E-state index contributed by atoms with van der Waals surface area (Å²) in [5.74, 6) is 0.674. The number of likely N-dealkylation sites (tertiary alicyclic amines) is 1. The summed E-state index contributed by atoms with van der Waals surface area (Å²) in [5.41, 5.74) is 8.49. The molecule has 4 rings (SSSR count). The molecule has 2 fully saturated rings. The summed E-state index contributed by atoms with van der Waals surface area (Å²) in [6.45, 7) is 6.88. The number of ether oxygens (including phenoxy) is 1. The molecule has 2 N–H and O–H groups in total. The predicted octanol–water partition coefficient (Wildman–Crippen LogP) is 3.19. The molecule has 0 atom stereocenters. The van der Waals surface area contributed by atoms with Crippen LogP contribution >= 0.6 is 0 Å². The number of pyridine rings is 1. The molecule has 1 aliphatic carbocycles. The van der Waals surface area contributed by atoms with Gasteiger partial charge >= 0.3 is 0 Å². The summed E-state index contributed by atoms with van der Waals surface area (Å²) in [6.07, 6.45) is 5.08. The van der Waals surface area contributed by atoms with Gasteiger partial charge in [0.25, 0.3) is 11.6 Å². The minimum absolute atomic E-state index is 0.0554. The van der Waals surface area contributed by atoms with Crippen molar-refractivity contribution in [3.8, 4) is 0 Å². The van der Waals surface area contributed by atoms with Gasteiger partial charge in [0.15, 0.2) is 0 Å². The zero-order valence-corrected chi connectivity index (χ0v) is 16.8. The lowest BCUT2D eigenvalue weighted by molar-refractivity contribution is 0.00849. The first-order chi connectivity index (χ1) is 13.6. The Morgan fingerprint density at radius 2 is 2.07 bits per heavy atom. The zero-order chi connectivity index (χ0) is 19.7. The Morgan fingerprint density at radius 3 is 2.71 bits per heavy atom. The summed E-state index contributed by atoms with van der Waals surface area (Å²) in [6, 6.07) is 1.98. The van der Waals surface area contributed by atoms with Gasteiger partial charge in [-0.15, -0.1) is 0 Å². The lowest BCUT2D eigenvalue weighted by Crippen LogP contribution is -2.41. The van der Waals surface area contributed by atoms with Gasteiger partial charge in [0, 0.05) is 31.3 Å². The molecular weight excluding hydrogens is 356 g/mol. The normalized spacial score (nSPS) is 18.4. The summed E-state index contributed by atoms with van der Waals surface area (Å²) < 4.78 is 11.4. The Hall–Kier alpha value is -1.99. The van der Waals surface area contributed by atoms with Crippen LogP contribution in [0.5, 0.6) is 0 Å². The smallest absolute Gasteiger partial charge is 0.259 e. The van der Waals surface area contributed by atoms with Crippen LogP contribution in [0.3, 0.4) is 0 Å². The van der Waals surface area contributed by atoms with Crippen LogP contribution in [0.4, 0.5) is 0 Å². The average Bonchev–Trinajstić information content (AvgIpc) is 3.46. The quantitative estimate of drug-likeness (QED) is 0.735. The first-order valence-corrected chi connectivity index (χ1v) is 10.5. The second-order valence-corrected chi connectivity index (χ2v) is 8.28. The molecule has 1 saturated heterocycles. The van der Waals surface area contributed by atoms with Crippen molar-refractivity contribution in [2.75, 3.05) is 26.2 Å². The monoisotopic (exact) mass is 386 g/mol. The molecule has 1 saturated carbocycles. The maximum Gasteiger partial charge on any atom is 0.259 e. The largest absolute Gasteiger partial charge is 0.378 e. The fraction of sp³-hybridized carbons (Fsp3) is 0.667. The number of hydrogen-bond donors (Lipinski definition) is 1.